The Morgan fingerprint density at radius 1 is 1.03 bits per heavy atom. The highest BCUT2D eigenvalue weighted by molar-refractivity contribution is 9.10. The Bertz CT molecular complexity index is 1250. The first-order chi connectivity index (χ1) is 16.5. The lowest BCUT2D eigenvalue weighted by atomic mass is 9.99. The Morgan fingerprint density at radius 3 is 2.44 bits per heavy atom. The summed E-state index contributed by atoms with van der Waals surface area (Å²) in [7, 11) is 0. The molecule has 0 aliphatic heterocycles. The zero-order valence-corrected chi connectivity index (χ0v) is 21.4. The fourth-order valence-corrected chi connectivity index (χ4v) is 4.25. The molecule has 1 amide bonds. The molecule has 0 saturated carbocycles. The molecule has 4 aromatic rings. The van der Waals surface area contributed by atoms with Gasteiger partial charge >= 0.3 is 0 Å². The van der Waals surface area contributed by atoms with E-state index in [4.69, 9.17) is 9.72 Å². The number of carbonyl (C=O) groups excluding carboxylic acids is 1. The van der Waals surface area contributed by atoms with Crippen molar-refractivity contribution < 1.29 is 9.53 Å². The summed E-state index contributed by atoms with van der Waals surface area (Å²) >= 11 is 3.41. The van der Waals surface area contributed by atoms with Gasteiger partial charge in [0.25, 0.3) is 5.91 Å². The standard InChI is InChI=1S/C28H30BrN3O2/c1-4-19(2)21-11-15-24(16-12-21)34-18-17-32-26-8-6-5-7-25(26)31-27(32)20(3)30-28(33)22-9-13-23(29)14-10-22/h5-16,19-20H,4,17-18H2,1-3H3,(H,30,33). The van der Waals surface area contributed by atoms with Crippen molar-refractivity contribution in [2.75, 3.05) is 6.61 Å². The molecule has 4 rings (SSSR count). The van der Waals surface area contributed by atoms with Gasteiger partial charge in [-0.25, -0.2) is 4.98 Å². The number of imidazole rings is 1. The number of hydrogen-bond donors (Lipinski definition) is 1. The Morgan fingerprint density at radius 2 is 1.74 bits per heavy atom. The number of carbonyl (C=O) groups is 1. The number of fused-ring (bicyclic) bond motifs is 1. The van der Waals surface area contributed by atoms with Crippen molar-refractivity contribution in [1.29, 1.82) is 0 Å². The van der Waals surface area contributed by atoms with Gasteiger partial charge in [0, 0.05) is 10.0 Å². The summed E-state index contributed by atoms with van der Waals surface area (Å²) in [6.45, 7) is 7.52. The van der Waals surface area contributed by atoms with Gasteiger partial charge in [-0.2, -0.15) is 0 Å². The summed E-state index contributed by atoms with van der Waals surface area (Å²) in [5, 5.41) is 3.09. The van der Waals surface area contributed by atoms with E-state index in [0.29, 0.717) is 24.6 Å². The number of ether oxygens (including phenoxy) is 1. The summed E-state index contributed by atoms with van der Waals surface area (Å²) in [6.07, 6.45) is 1.12. The van der Waals surface area contributed by atoms with Gasteiger partial charge in [-0.05, 0) is 73.4 Å². The largest absolute Gasteiger partial charge is 0.492 e. The maximum atomic E-state index is 12.8. The molecule has 5 nitrogen and oxygen atoms in total. The van der Waals surface area contributed by atoms with Crippen LogP contribution in [-0.2, 0) is 6.54 Å². The second-order valence-electron chi connectivity index (χ2n) is 8.54. The molecule has 0 radical (unpaired) electrons. The van der Waals surface area contributed by atoms with Crippen LogP contribution in [0.4, 0.5) is 0 Å². The van der Waals surface area contributed by atoms with Crippen molar-refractivity contribution in [3.05, 3.63) is 94.2 Å². The van der Waals surface area contributed by atoms with E-state index in [9.17, 15) is 4.79 Å². The summed E-state index contributed by atoms with van der Waals surface area (Å²) in [5.41, 5.74) is 3.87. The monoisotopic (exact) mass is 519 g/mol. The summed E-state index contributed by atoms with van der Waals surface area (Å²) in [4.78, 5) is 17.6. The van der Waals surface area contributed by atoms with Gasteiger partial charge in [-0.3, -0.25) is 4.79 Å². The maximum absolute atomic E-state index is 12.8. The number of para-hydroxylation sites is 2. The molecule has 6 heteroatoms. The van der Waals surface area contributed by atoms with Crippen LogP contribution in [0.5, 0.6) is 5.75 Å². The number of halogens is 1. The third kappa shape index (κ3) is 5.50. The molecule has 0 aliphatic carbocycles. The summed E-state index contributed by atoms with van der Waals surface area (Å²) < 4.78 is 9.13. The predicted octanol–water partition coefficient (Wildman–Crippen LogP) is 6.88. The molecule has 3 aromatic carbocycles. The smallest absolute Gasteiger partial charge is 0.251 e. The SMILES string of the molecule is CCC(C)c1ccc(OCCn2c(C(C)NC(=O)c3ccc(Br)cc3)nc3ccccc32)cc1. The van der Waals surface area contributed by atoms with Crippen LogP contribution in [0.2, 0.25) is 0 Å². The number of rotatable bonds is 9. The van der Waals surface area contributed by atoms with Crippen molar-refractivity contribution >= 4 is 32.9 Å². The van der Waals surface area contributed by atoms with Gasteiger partial charge in [-0.1, -0.05) is 54.0 Å². The number of hydrogen-bond acceptors (Lipinski definition) is 3. The van der Waals surface area contributed by atoms with Crippen LogP contribution in [0.1, 0.15) is 60.9 Å². The molecular weight excluding hydrogens is 490 g/mol. The second kappa shape index (κ2) is 10.9. The Balaban J connectivity index is 1.48. The van der Waals surface area contributed by atoms with Crippen LogP contribution >= 0.6 is 15.9 Å². The molecule has 0 spiro atoms. The number of amides is 1. The first-order valence-electron chi connectivity index (χ1n) is 11.7. The van der Waals surface area contributed by atoms with Crippen LogP contribution in [0, 0.1) is 0 Å². The molecule has 2 unspecified atom stereocenters. The lowest BCUT2D eigenvalue weighted by Crippen LogP contribution is -2.29. The van der Waals surface area contributed by atoms with Crippen LogP contribution in [-0.4, -0.2) is 22.1 Å². The van der Waals surface area contributed by atoms with Gasteiger partial charge in [0.2, 0.25) is 0 Å². The number of aromatic nitrogens is 2. The van der Waals surface area contributed by atoms with E-state index in [1.165, 1.54) is 5.56 Å². The number of benzene rings is 3. The predicted molar refractivity (Wildman–Crippen MR) is 140 cm³/mol. The van der Waals surface area contributed by atoms with Crippen molar-refractivity contribution in [3.63, 3.8) is 0 Å². The first-order valence-corrected chi connectivity index (χ1v) is 12.5. The molecule has 2 atom stereocenters. The van der Waals surface area contributed by atoms with E-state index in [1.54, 1.807) is 12.1 Å². The van der Waals surface area contributed by atoms with Crippen LogP contribution in [0.25, 0.3) is 11.0 Å². The molecule has 34 heavy (non-hydrogen) atoms. The third-order valence-electron chi connectivity index (χ3n) is 6.17. The van der Waals surface area contributed by atoms with Crippen molar-refractivity contribution in [2.45, 2.75) is 45.7 Å². The van der Waals surface area contributed by atoms with Crippen LogP contribution in [0.3, 0.4) is 0 Å². The van der Waals surface area contributed by atoms with E-state index in [2.05, 4.69) is 57.9 Å². The average molecular weight is 520 g/mol. The van der Waals surface area contributed by atoms with E-state index < -0.39 is 0 Å². The molecule has 0 bridgehead atoms. The lowest BCUT2D eigenvalue weighted by Gasteiger charge is -2.17. The highest BCUT2D eigenvalue weighted by atomic mass is 79.9. The van der Waals surface area contributed by atoms with E-state index in [0.717, 1.165) is 33.5 Å². The molecule has 0 aliphatic rings. The first kappa shape index (κ1) is 24.0. The maximum Gasteiger partial charge on any atom is 0.251 e. The topological polar surface area (TPSA) is 56.1 Å². The second-order valence-corrected chi connectivity index (χ2v) is 9.45. The molecule has 1 aromatic heterocycles. The van der Waals surface area contributed by atoms with Gasteiger partial charge in [0.15, 0.2) is 0 Å². The van der Waals surface area contributed by atoms with Crippen LogP contribution < -0.4 is 10.1 Å². The number of nitrogens with zero attached hydrogens (tertiary/aromatic N) is 2. The van der Waals surface area contributed by atoms with Gasteiger partial charge in [0.1, 0.15) is 18.2 Å². The Labute approximate surface area is 209 Å². The molecule has 1 heterocycles. The Kier molecular flexibility index (Phi) is 7.68. The highest BCUT2D eigenvalue weighted by Gasteiger charge is 2.19. The lowest BCUT2D eigenvalue weighted by molar-refractivity contribution is 0.0937. The van der Waals surface area contributed by atoms with Gasteiger partial charge in [0.05, 0.1) is 23.6 Å². The molecular formula is C28H30BrN3O2. The summed E-state index contributed by atoms with van der Waals surface area (Å²) in [5.74, 6) is 2.08. The van der Waals surface area contributed by atoms with Crippen LogP contribution in [0.15, 0.2) is 77.3 Å². The third-order valence-corrected chi connectivity index (χ3v) is 6.70. The van der Waals surface area contributed by atoms with E-state index >= 15 is 0 Å². The minimum Gasteiger partial charge on any atom is -0.492 e. The molecule has 0 saturated heterocycles. The average Bonchev–Trinajstić information content (AvgIpc) is 3.23. The molecule has 176 valence electrons. The van der Waals surface area contributed by atoms with Gasteiger partial charge in [-0.15, -0.1) is 0 Å². The fourth-order valence-electron chi connectivity index (χ4n) is 3.99. The minimum absolute atomic E-state index is 0.128. The zero-order valence-electron chi connectivity index (χ0n) is 19.8. The highest BCUT2D eigenvalue weighted by Crippen LogP contribution is 2.23. The molecule has 1 N–H and O–H groups in total. The summed E-state index contributed by atoms with van der Waals surface area (Å²) in [6, 6.07) is 23.4. The van der Waals surface area contributed by atoms with Gasteiger partial charge < -0.3 is 14.6 Å². The minimum atomic E-state index is -0.265. The fraction of sp³-hybridized carbons (Fsp3) is 0.286. The molecule has 0 fully saturated rings. The van der Waals surface area contributed by atoms with Crippen molar-refractivity contribution in [3.8, 4) is 5.75 Å². The van der Waals surface area contributed by atoms with Crippen molar-refractivity contribution in [2.24, 2.45) is 0 Å². The Hall–Kier alpha value is -3.12. The van der Waals surface area contributed by atoms with Crippen molar-refractivity contribution in [1.82, 2.24) is 14.9 Å². The van der Waals surface area contributed by atoms with E-state index in [1.807, 2.05) is 49.4 Å². The quantitative estimate of drug-likeness (QED) is 0.262. The zero-order chi connectivity index (χ0) is 24.1. The van der Waals surface area contributed by atoms with E-state index in [-0.39, 0.29) is 11.9 Å². The normalized spacial score (nSPS) is 12.9. The number of nitrogens with one attached hydrogen (secondary N) is 1.